The molecule has 2 N–H and O–H groups in total. The predicted octanol–water partition coefficient (Wildman–Crippen LogP) is 1.54. The molecule has 0 spiro atoms. The molecule has 0 radical (unpaired) electrons. The highest BCUT2D eigenvalue weighted by molar-refractivity contribution is 5.78. The Morgan fingerprint density at radius 3 is 2.15 bits per heavy atom. The van der Waals surface area contributed by atoms with E-state index in [1.807, 2.05) is 0 Å². The van der Waals surface area contributed by atoms with E-state index in [9.17, 15) is 15.0 Å². The maximum Gasteiger partial charge on any atom is 0.134 e. The molecule has 0 heterocycles. The number of hydrogen-bond acceptors (Lipinski definition) is 3. The topological polar surface area (TPSA) is 57.5 Å². The van der Waals surface area contributed by atoms with Gasteiger partial charge in [-0.1, -0.05) is 0 Å². The van der Waals surface area contributed by atoms with E-state index in [0.29, 0.717) is 11.1 Å². The van der Waals surface area contributed by atoms with E-state index < -0.39 is 0 Å². The third-order valence-electron chi connectivity index (χ3n) is 1.87. The zero-order chi connectivity index (χ0) is 10.0. The summed E-state index contributed by atoms with van der Waals surface area (Å²) in [6.45, 7) is 3.08. The molecule has 0 unspecified atom stereocenters. The fourth-order valence-corrected chi connectivity index (χ4v) is 1.13. The molecule has 0 aromatic heterocycles. The highest BCUT2D eigenvalue weighted by Crippen LogP contribution is 2.27. The highest BCUT2D eigenvalue weighted by Gasteiger charge is 2.06. The quantitative estimate of drug-likeness (QED) is 0.725. The number of carbonyl (C=O) groups is 1. The van der Waals surface area contributed by atoms with Gasteiger partial charge in [0.1, 0.15) is 17.3 Å². The normalized spacial score (nSPS) is 10.0. The van der Waals surface area contributed by atoms with E-state index in [-0.39, 0.29) is 23.7 Å². The second-order valence-corrected chi connectivity index (χ2v) is 3.14. The van der Waals surface area contributed by atoms with Crippen LogP contribution in [0.5, 0.6) is 11.5 Å². The van der Waals surface area contributed by atoms with Crippen molar-refractivity contribution in [1.29, 1.82) is 0 Å². The molecule has 0 saturated carbocycles. The van der Waals surface area contributed by atoms with Gasteiger partial charge in [0.2, 0.25) is 0 Å². The lowest BCUT2D eigenvalue weighted by Crippen LogP contribution is -1.96. The molecular weight excluding hydrogens is 168 g/mol. The van der Waals surface area contributed by atoms with E-state index in [4.69, 9.17) is 0 Å². The van der Waals surface area contributed by atoms with E-state index in [1.165, 1.54) is 19.1 Å². The van der Waals surface area contributed by atoms with Gasteiger partial charge in [-0.15, -0.1) is 0 Å². The molecule has 0 aliphatic carbocycles. The van der Waals surface area contributed by atoms with Crippen molar-refractivity contribution in [2.24, 2.45) is 0 Å². The molecule has 3 nitrogen and oxygen atoms in total. The van der Waals surface area contributed by atoms with Crippen LogP contribution in [0, 0.1) is 6.92 Å². The second kappa shape index (κ2) is 3.47. The fraction of sp³-hybridized carbons (Fsp3) is 0.300. The minimum Gasteiger partial charge on any atom is -0.508 e. The zero-order valence-corrected chi connectivity index (χ0v) is 7.66. The Balaban J connectivity index is 3.06. The lowest BCUT2D eigenvalue weighted by molar-refractivity contribution is -0.116. The maximum atomic E-state index is 10.8. The Morgan fingerprint density at radius 2 is 1.77 bits per heavy atom. The first-order valence-electron chi connectivity index (χ1n) is 4.01. The molecule has 1 aromatic carbocycles. The molecule has 0 bridgehead atoms. The summed E-state index contributed by atoms with van der Waals surface area (Å²) in [4.78, 5) is 10.8. The molecule has 13 heavy (non-hydrogen) atoms. The molecule has 70 valence electrons. The van der Waals surface area contributed by atoms with Crippen LogP contribution in [0.1, 0.15) is 18.1 Å². The van der Waals surface area contributed by atoms with Crippen molar-refractivity contribution in [3.05, 3.63) is 23.3 Å². The summed E-state index contributed by atoms with van der Waals surface area (Å²) in [5, 5.41) is 18.6. The number of rotatable bonds is 2. The van der Waals surface area contributed by atoms with Crippen LogP contribution in [0.25, 0.3) is 0 Å². The van der Waals surface area contributed by atoms with Crippen LogP contribution < -0.4 is 0 Å². The van der Waals surface area contributed by atoms with Crippen LogP contribution in [0.4, 0.5) is 0 Å². The summed E-state index contributed by atoms with van der Waals surface area (Å²) in [7, 11) is 0. The van der Waals surface area contributed by atoms with Gasteiger partial charge >= 0.3 is 0 Å². The highest BCUT2D eigenvalue weighted by atomic mass is 16.3. The summed E-state index contributed by atoms with van der Waals surface area (Å²) in [5.74, 6) is 0.0511. The van der Waals surface area contributed by atoms with Gasteiger partial charge in [0, 0.05) is 12.0 Å². The lowest BCUT2D eigenvalue weighted by atomic mass is 10.1. The third-order valence-corrected chi connectivity index (χ3v) is 1.87. The van der Waals surface area contributed by atoms with Gasteiger partial charge in [0.15, 0.2) is 0 Å². The Bertz CT molecular complexity index is 319. The van der Waals surface area contributed by atoms with Crippen molar-refractivity contribution in [3.8, 4) is 11.5 Å². The van der Waals surface area contributed by atoms with Gasteiger partial charge in [-0.05, 0) is 31.5 Å². The van der Waals surface area contributed by atoms with Crippen LogP contribution in [0.3, 0.4) is 0 Å². The fourth-order valence-electron chi connectivity index (χ4n) is 1.13. The molecule has 0 atom stereocenters. The molecule has 0 aliphatic heterocycles. The van der Waals surface area contributed by atoms with Gasteiger partial charge in [0.05, 0.1) is 0 Å². The number of phenolic OH excluding ortho intramolecular Hbond substituents is 2. The van der Waals surface area contributed by atoms with Crippen molar-refractivity contribution < 1.29 is 15.0 Å². The number of Topliss-reactive ketones (excluding diaryl/α,β-unsaturated/α-hetero) is 1. The van der Waals surface area contributed by atoms with Crippen LogP contribution in [0.15, 0.2) is 12.1 Å². The maximum absolute atomic E-state index is 10.8. The number of benzene rings is 1. The predicted molar refractivity (Wildman–Crippen MR) is 48.9 cm³/mol. The van der Waals surface area contributed by atoms with Crippen molar-refractivity contribution in [3.63, 3.8) is 0 Å². The van der Waals surface area contributed by atoms with Crippen LogP contribution in [-0.2, 0) is 11.2 Å². The first-order chi connectivity index (χ1) is 6.00. The third kappa shape index (κ3) is 2.21. The molecule has 0 aliphatic rings. The number of hydrogen-bond donors (Lipinski definition) is 2. The average molecular weight is 180 g/mol. The zero-order valence-electron chi connectivity index (χ0n) is 7.66. The molecular formula is C10H12O3. The number of ketones is 1. The minimum atomic E-state index is 0.00246. The van der Waals surface area contributed by atoms with Gasteiger partial charge in [-0.2, -0.15) is 0 Å². The molecule has 1 aromatic rings. The molecule has 0 amide bonds. The molecule has 1 rings (SSSR count). The Hall–Kier alpha value is -1.51. The summed E-state index contributed by atoms with van der Waals surface area (Å²) < 4.78 is 0. The SMILES string of the molecule is CC(=O)Cc1cc(O)c(C)c(O)c1. The minimum absolute atomic E-state index is 0.00246. The summed E-state index contributed by atoms with van der Waals surface area (Å²) in [6.07, 6.45) is 0.238. The Kier molecular flexibility index (Phi) is 2.56. The summed E-state index contributed by atoms with van der Waals surface area (Å²) in [5.41, 5.74) is 1.07. The van der Waals surface area contributed by atoms with Gasteiger partial charge in [-0.3, -0.25) is 4.79 Å². The Morgan fingerprint density at radius 1 is 1.31 bits per heavy atom. The average Bonchev–Trinajstić information content (AvgIpc) is 1.98. The Labute approximate surface area is 76.6 Å². The van der Waals surface area contributed by atoms with Crippen LogP contribution in [0.2, 0.25) is 0 Å². The molecule has 0 fully saturated rings. The van der Waals surface area contributed by atoms with Crippen molar-refractivity contribution in [2.45, 2.75) is 20.3 Å². The van der Waals surface area contributed by atoms with Gasteiger partial charge in [0.25, 0.3) is 0 Å². The molecule has 0 saturated heterocycles. The second-order valence-electron chi connectivity index (χ2n) is 3.14. The first kappa shape index (κ1) is 9.58. The van der Waals surface area contributed by atoms with Crippen molar-refractivity contribution in [1.82, 2.24) is 0 Å². The van der Waals surface area contributed by atoms with E-state index in [2.05, 4.69) is 0 Å². The van der Waals surface area contributed by atoms with Crippen LogP contribution in [-0.4, -0.2) is 16.0 Å². The summed E-state index contributed by atoms with van der Waals surface area (Å²) >= 11 is 0. The van der Waals surface area contributed by atoms with Crippen LogP contribution >= 0.6 is 0 Å². The molecule has 3 heteroatoms. The van der Waals surface area contributed by atoms with E-state index in [0.717, 1.165) is 0 Å². The monoisotopic (exact) mass is 180 g/mol. The van der Waals surface area contributed by atoms with Gasteiger partial charge in [-0.25, -0.2) is 0 Å². The number of phenols is 2. The standard InChI is InChI=1S/C10H12O3/c1-6(11)3-8-4-9(12)7(2)10(13)5-8/h4-5,12-13H,3H2,1-2H3. The van der Waals surface area contributed by atoms with E-state index in [1.54, 1.807) is 6.92 Å². The number of carbonyl (C=O) groups excluding carboxylic acids is 1. The largest absolute Gasteiger partial charge is 0.508 e. The number of aromatic hydroxyl groups is 2. The van der Waals surface area contributed by atoms with Gasteiger partial charge < -0.3 is 10.2 Å². The lowest BCUT2D eigenvalue weighted by Gasteiger charge is -2.04. The van der Waals surface area contributed by atoms with E-state index >= 15 is 0 Å². The smallest absolute Gasteiger partial charge is 0.134 e. The first-order valence-corrected chi connectivity index (χ1v) is 4.01. The summed E-state index contributed by atoms with van der Waals surface area (Å²) in [6, 6.07) is 2.99. The van der Waals surface area contributed by atoms with Crippen molar-refractivity contribution in [2.75, 3.05) is 0 Å². The van der Waals surface area contributed by atoms with Crippen molar-refractivity contribution >= 4 is 5.78 Å².